The molecule has 0 aliphatic heterocycles. The van der Waals surface area contributed by atoms with Crippen LogP contribution in [0.5, 0.6) is 0 Å². The largest absolute Gasteiger partial charge is 0.481 e. The minimum atomic E-state index is -0.824. The Labute approximate surface area is 203 Å². The lowest BCUT2D eigenvalue weighted by molar-refractivity contribution is -0.145. The summed E-state index contributed by atoms with van der Waals surface area (Å²) in [5.41, 5.74) is 6.38. The first-order valence-electron chi connectivity index (χ1n) is 11.7. The topological polar surface area (TPSA) is 105 Å². The van der Waals surface area contributed by atoms with E-state index in [1.165, 1.54) is 11.1 Å². The Bertz CT molecular complexity index is 1270. The fourth-order valence-corrected chi connectivity index (χ4v) is 4.90. The van der Waals surface area contributed by atoms with Crippen molar-refractivity contribution in [3.05, 3.63) is 89.0 Å². The molecule has 1 saturated carbocycles. The summed E-state index contributed by atoms with van der Waals surface area (Å²) in [5.74, 6) is -1.48. The van der Waals surface area contributed by atoms with Crippen LogP contribution in [0, 0.1) is 12.8 Å². The maximum atomic E-state index is 12.6. The third-order valence-corrected chi connectivity index (χ3v) is 6.89. The molecule has 3 aromatic carbocycles. The van der Waals surface area contributed by atoms with E-state index in [9.17, 15) is 14.4 Å². The second-order valence-corrected chi connectivity index (χ2v) is 9.16. The molecular weight excluding hydrogens is 444 g/mol. The van der Waals surface area contributed by atoms with Crippen LogP contribution in [0.1, 0.15) is 45.8 Å². The lowest BCUT2D eigenvalue weighted by Gasteiger charge is -2.32. The highest BCUT2D eigenvalue weighted by molar-refractivity contribution is 5.96. The number of fused-ring (bicyclic) bond motifs is 3. The van der Waals surface area contributed by atoms with Crippen LogP contribution < -0.4 is 10.6 Å². The van der Waals surface area contributed by atoms with Gasteiger partial charge in [-0.15, -0.1) is 0 Å². The highest BCUT2D eigenvalue weighted by Gasteiger charge is 2.35. The number of rotatable bonds is 6. The van der Waals surface area contributed by atoms with Crippen LogP contribution in [-0.4, -0.2) is 35.7 Å². The summed E-state index contributed by atoms with van der Waals surface area (Å²) in [4.78, 5) is 36.0. The zero-order chi connectivity index (χ0) is 24.5. The molecule has 0 radical (unpaired) electrons. The summed E-state index contributed by atoms with van der Waals surface area (Å²) < 4.78 is 5.60. The van der Waals surface area contributed by atoms with Gasteiger partial charge in [0.2, 0.25) is 0 Å². The fraction of sp³-hybridized carbons (Fsp3) is 0.250. The molecule has 0 saturated heterocycles. The zero-order valence-electron chi connectivity index (χ0n) is 19.3. The van der Waals surface area contributed by atoms with Gasteiger partial charge < -0.3 is 15.2 Å². The summed E-state index contributed by atoms with van der Waals surface area (Å²) in [5, 5.41) is 14.6. The zero-order valence-corrected chi connectivity index (χ0v) is 19.3. The number of aliphatic carboxylic acids is 1. The lowest BCUT2D eigenvalue weighted by Crippen LogP contribution is -2.46. The first-order chi connectivity index (χ1) is 16.9. The van der Waals surface area contributed by atoms with Gasteiger partial charge in [0.1, 0.15) is 6.61 Å². The minimum Gasteiger partial charge on any atom is -0.481 e. The molecule has 35 heavy (non-hydrogen) atoms. The number of ether oxygens (including phenoxy) is 1. The van der Waals surface area contributed by atoms with Crippen LogP contribution in [0.2, 0.25) is 0 Å². The van der Waals surface area contributed by atoms with Crippen LogP contribution >= 0.6 is 0 Å². The van der Waals surface area contributed by atoms with Gasteiger partial charge in [-0.3, -0.25) is 14.9 Å². The lowest BCUT2D eigenvalue weighted by atomic mass is 9.80. The van der Waals surface area contributed by atoms with E-state index in [0.717, 1.165) is 16.7 Å². The number of anilines is 1. The molecule has 0 bridgehead atoms. The third-order valence-electron chi connectivity index (χ3n) is 6.89. The third kappa shape index (κ3) is 4.49. The van der Waals surface area contributed by atoms with Gasteiger partial charge in [0, 0.05) is 23.2 Å². The van der Waals surface area contributed by atoms with Crippen molar-refractivity contribution in [2.75, 3.05) is 11.9 Å². The highest BCUT2D eigenvalue weighted by Crippen LogP contribution is 2.44. The van der Waals surface area contributed by atoms with Gasteiger partial charge >= 0.3 is 12.1 Å². The minimum absolute atomic E-state index is 0.0208. The van der Waals surface area contributed by atoms with Crippen molar-refractivity contribution in [1.82, 2.24) is 5.32 Å². The summed E-state index contributed by atoms with van der Waals surface area (Å²) in [6, 6.07) is 21.2. The van der Waals surface area contributed by atoms with Crippen molar-refractivity contribution in [3.63, 3.8) is 0 Å². The number of carboxylic acids is 1. The molecular formula is C28H26N2O5. The Balaban J connectivity index is 1.19. The Morgan fingerprint density at radius 2 is 1.57 bits per heavy atom. The molecule has 7 heteroatoms. The maximum Gasteiger partial charge on any atom is 0.411 e. The molecule has 0 aromatic heterocycles. The number of aryl methyl sites for hydroxylation is 1. The van der Waals surface area contributed by atoms with Crippen molar-refractivity contribution >= 4 is 23.7 Å². The number of carbonyl (C=O) groups excluding carboxylic acids is 2. The average Bonchev–Trinajstić information content (AvgIpc) is 3.14. The van der Waals surface area contributed by atoms with Crippen LogP contribution in [-0.2, 0) is 9.53 Å². The van der Waals surface area contributed by atoms with E-state index in [4.69, 9.17) is 9.84 Å². The van der Waals surface area contributed by atoms with Gasteiger partial charge in [0.05, 0.1) is 5.92 Å². The fourth-order valence-electron chi connectivity index (χ4n) is 4.90. The molecule has 7 nitrogen and oxygen atoms in total. The summed E-state index contributed by atoms with van der Waals surface area (Å²) in [6.07, 6.45) is 0.338. The molecule has 1 fully saturated rings. The van der Waals surface area contributed by atoms with Crippen LogP contribution in [0.4, 0.5) is 10.5 Å². The van der Waals surface area contributed by atoms with Gasteiger partial charge in [0.25, 0.3) is 5.91 Å². The average molecular weight is 471 g/mol. The first kappa shape index (κ1) is 22.7. The molecule has 3 aromatic rings. The molecule has 5 rings (SSSR count). The van der Waals surface area contributed by atoms with Gasteiger partial charge in [-0.05, 0) is 65.8 Å². The van der Waals surface area contributed by atoms with E-state index in [0.29, 0.717) is 24.1 Å². The van der Waals surface area contributed by atoms with Crippen LogP contribution in [0.25, 0.3) is 11.1 Å². The quantitative estimate of drug-likeness (QED) is 0.473. The van der Waals surface area contributed by atoms with Crippen molar-refractivity contribution in [3.8, 4) is 11.1 Å². The first-order valence-corrected chi connectivity index (χ1v) is 11.7. The second-order valence-electron chi connectivity index (χ2n) is 9.16. The standard InChI is InChI=1S/C28H26N2O5/c1-16-12-17(26(31)29-19-13-18(14-19)27(32)33)10-11-25(16)30-28(34)35-15-24-22-8-4-2-6-20(22)21-7-3-5-9-23(21)24/h2-12,18-19,24H,13-15H2,1H3,(H,29,31)(H,30,34)(H,32,33). The van der Waals surface area contributed by atoms with Gasteiger partial charge in [-0.1, -0.05) is 48.5 Å². The number of nitrogens with one attached hydrogen (secondary N) is 2. The number of amides is 2. The van der Waals surface area contributed by atoms with E-state index in [1.807, 2.05) is 24.3 Å². The van der Waals surface area contributed by atoms with Crippen molar-refractivity contribution in [2.45, 2.75) is 31.7 Å². The van der Waals surface area contributed by atoms with Crippen molar-refractivity contribution in [1.29, 1.82) is 0 Å². The number of hydrogen-bond acceptors (Lipinski definition) is 4. The molecule has 3 N–H and O–H groups in total. The van der Waals surface area contributed by atoms with Gasteiger partial charge in [0.15, 0.2) is 0 Å². The molecule has 2 aliphatic carbocycles. The Morgan fingerprint density at radius 1 is 0.943 bits per heavy atom. The summed E-state index contributed by atoms with van der Waals surface area (Å²) in [6.45, 7) is 2.03. The molecule has 0 heterocycles. The van der Waals surface area contributed by atoms with E-state index in [2.05, 4.69) is 34.9 Å². The Kier molecular flexibility index (Phi) is 5.99. The smallest absolute Gasteiger partial charge is 0.411 e. The Morgan fingerprint density at radius 3 is 2.17 bits per heavy atom. The summed E-state index contributed by atoms with van der Waals surface area (Å²) >= 11 is 0. The van der Waals surface area contributed by atoms with E-state index in [-0.39, 0.29) is 30.4 Å². The molecule has 2 amide bonds. The van der Waals surface area contributed by atoms with Gasteiger partial charge in [-0.2, -0.15) is 0 Å². The van der Waals surface area contributed by atoms with Crippen LogP contribution in [0.15, 0.2) is 66.7 Å². The number of carbonyl (C=O) groups is 3. The normalized spacial score (nSPS) is 18.1. The number of carboxylic acid groups (broad SMARTS) is 1. The van der Waals surface area contributed by atoms with Crippen molar-refractivity contribution < 1.29 is 24.2 Å². The van der Waals surface area contributed by atoms with E-state index >= 15 is 0 Å². The van der Waals surface area contributed by atoms with Crippen LogP contribution in [0.3, 0.4) is 0 Å². The van der Waals surface area contributed by atoms with E-state index in [1.54, 1.807) is 25.1 Å². The maximum absolute atomic E-state index is 12.6. The predicted molar refractivity (Wildman–Crippen MR) is 131 cm³/mol. The van der Waals surface area contributed by atoms with E-state index < -0.39 is 12.1 Å². The molecule has 0 spiro atoms. The Hall–Kier alpha value is -4.13. The molecule has 0 unspecified atom stereocenters. The summed E-state index contributed by atoms with van der Waals surface area (Å²) in [7, 11) is 0. The predicted octanol–water partition coefficient (Wildman–Crippen LogP) is 4.95. The second kappa shape index (κ2) is 9.25. The molecule has 178 valence electrons. The molecule has 2 aliphatic rings. The number of benzene rings is 3. The van der Waals surface area contributed by atoms with Crippen molar-refractivity contribution in [2.24, 2.45) is 5.92 Å². The SMILES string of the molecule is Cc1cc(C(=O)NC2CC(C(=O)O)C2)ccc1NC(=O)OCC1c2ccccc2-c2ccccc21. The number of hydrogen-bond donors (Lipinski definition) is 3. The highest BCUT2D eigenvalue weighted by atomic mass is 16.5. The molecule has 0 atom stereocenters. The monoisotopic (exact) mass is 470 g/mol. The van der Waals surface area contributed by atoms with Gasteiger partial charge in [-0.25, -0.2) is 4.79 Å².